The Labute approximate surface area is 101 Å². The van der Waals surface area contributed by atoms with E-state index in [0.717, 1.165) is 0 Å². The minimum Gasteiger partial charge on any atom is -0.256 e. The fraction of sp³-hybridized carbons (Fsp3) is 0.667. The number of halogens is 1. The van der Waals surface area contributed by atoms with Gasteiger partial charge in [-0.05, 0) is 12.0 Å². The molecule has 5 nitrogen and oxygen atoms in total. The molecular weight excluding hydrogens is 250 g/mol. The van der Waals surface area contributed by atoms with Crippen LogP contribution in [0, 0.1) is 5.92 Å². The second kappa shape index (κ2) is 5.16. The molecule has 1 aromatic heterocycles. The summed E-state index contributed by atoms with van der Waals surface area (Å²) in [6.45, 7) is 3.83. The zero-order valence-corrected chi connectivity index (χ0v) is 11.1. The van der Waals surface area contributed by atoms with Crippen LogP contribution in [0.5, 0.6) is 0 Å². The van der Waals surface area contributed by atoms with Gasteiger partial charge >= 0.3 is 0 Å². The van der Waals surface area contributed by atoms with Crippen molar-refractivity contribution in [2.45, 2.75) is 24.9 Å². The van der Waals surface area contributed by atoms with Crippen molar-refractivity contribution in [1.29, 1.82) is 0 Å². The van der Waals surface area contributed by atoms with E-state index in [1.54, 1.807) is 7.05 Å². The standard InChI is InChI=1S/C9H16ClN3O2S/c1-7(2)8(6-10)12-16(14,15)9-4-5-11-13(9)3/h4-5,7-8,12H,6H2,1-3H3. The molecule has 1 atom stereocenters. The van der Waals surface area contributed by atoms with Gasteiger partial charge in [-0.3, -0.25) is 4.68 Å². The summed E-state index contributed by atoms with van der Waals surface area (Å²) in [6.07, 6.45) is 1.44. The highest BCUT2D eigenvalue weighted by atomic mass is 35.5. The number of nitrogens with zero attached hydrogens (tertiary/aromatic N) is 2. The van der Waals surface area contributed by atoms with Gasteiger partial charge in [0.25, 0.3) is 10.0 Å². The molecule has 0 spiro atoms. The van der Waals surface area contributed by atoms with Crippen molar-refractivity contribution in [2.24, 2.45) is 13.0 Å². The van der Waals surface area contributed by atoms with Crippen LogP contribution in [-0.2, 0) is 17.1 Å². The summed E-state index contributed by atoms with van der Waals surface area (Å²) in [5.74, 6) is 0.384. The third kappa shape index (κ3) is 2.96. The van der Waals surface area contributed by atoms with E-state index in [2.05, 4.69) is 9.82 Å². The van der Waals surface area contributed by atoms with Gasteiger partial charge in [0.05, 0.1) is 6.20 Å². The molecule has 16 heavy (non-hydrogen) atoms. The Kier molecular flexibility index (Phi) is 4.35. The van der Waals surface area contributed by atoms with Crippen LogP contribution < -0.4 is 4.72 Å². The van der Waals surface area contributed by atoms with Gasteiger partial charge in [0.1, 0.15) is 0 Å². The monoisotopic (exact) mass is 265 g/mol. The van der Waals surface area contributed by atoms with Crippen LogP contribution in [0.3, 0.4) is 0 Å². The number of hydrogen-bond donors (Lipinski definition) is 1. The lowest BCUT2D eigenvalue weighted by Crippen LogP contribution is -2.40. The minimum absolute atomic E-state index is 0.139. The van der Waals surface area contributed by atoms with Crippen molar-refractivity contribution < 1.29 is 8.42 Å². The predicted molar refractivity (Wildman–Crippen MR) is 62.9 cm³/mol. The molecule has 0 aliphatic carbocycles. The number of nitrogens with one attached hydrogen (secondary N) is 1. The van der Waals surface area contributed by atoms with Crippen LogP contribution in [0.2, 0.25) is 0 Å². The third-order valence-corrected chi connectivity index (χ3v) is 4.23. The van der Waals surface area contributed by atoms with E-state index >= 15 is 0 Å². The quantitative estimate of drug-likeness (QED) is 0.807. The Morgan fingerprint density at radius 3 is 2.56 bits per heavy atom. The van der Waals surface area contributed by atoms with Gasteiger partial charge < -0.3 is 0 Å². The van der Waals surface area contributed by atoms with Crippen molar-refractivity contribution in [1.82, 2.24) is 14.5 Å². The Hall–Kier alpha value is -0.590. The number of alkyl halides is 1. The van der Waals surface area contributed by atoms with Gasteiger partial charge in [-0.15, -0.1) is 11.6 Å². The van der Waals surface area contributed by atoms with E-state index in [1.807, 2.05) is 13.8 Å². The summed E-state index contributed by atoms with van der Waals surface area (Å²) < 4.78 is 27.8. The highest BCUT2D eigenvalue weighted by Crippen LogP contribution is 2.11. The van der Waals surface area contributed by atoms with Crippen LogP contribution in [0.4, 0.5) is 0 Å². The summed E-state index contributed by atoms with van der Waals surface area (Å²) >= 11 is 5.72. The third-order valence-electron chi connectivity index (χ3n) is 2.33. The molecule has 1 unspecified atom stereocenters. The van der Waals surface area contributed by atoms with Crippen molar-refractivity contribution in [2.75, 3.05) is 5.88 Å². The SMILES string of the molecule is CC(C)C(CCl)NS(=O)(=O)c1ccnn1C. The Balaban J connectivity index is 2.92. The molecule has 0 aliphatic heterocycles. The molecule has 0 bridgehead atoms. The Morgan fingerprint density at radius 2 is 2.19 bits per heavy atom. The normalized spacial score (nSPS) is 14.3. The first-order valence-electron chi connectivity index (χ1n) is 4.94. The lowest BCUT2D eigenvalue weighted by atomic mass is 10.1. The maximum atomic E-state index is 12.0. The van der Waals surface area contributed by atoms with Crippen molar-refractivity contribution in [3.63, 3.8) is 0 Å². The van der Waals surface area contributed by atoms with Crippen molar-refractivity contribution >= 4 is 21.6 Å². The zero-order chi connectivity index (χ0) is 12.3. The topological polar surface area (TPSA) is 64.0 Å². The first-order chi connectivity index (χ1) is 7.38. The zero-order valence-electron chi connectivity index (χ0n) is 9.51. The maximum absolute atomic E-state index is 12.0. The summed E-state index contributed by atoms with van der Waals surface area (Å²) in [4.78, 5) is 0. The summed E-state index contributed by atoms with van der Waals surface area (Å²) in [6, 6.07) is 1.18. The Bertz CT molecular complexity index is 441. The molecule has 1 aromatic rings. The molecular formula is C9H16ClN3O2S. The molecule has 0 radical (unpaired) electrons. The molecule has 0 saturated carbocycles. The van der Waals surface area contributed by atoms with Gasteiger partial charge in [-0.1, -0.05) is 13.8 Å². The first-order valence-corrected chi connectivity index (χ1v) is 6.96. The highest BCUT2D eigenvalue weighted by Gasteiger charge is 2.23. The number of aromatic nitrogens is 2. The van der Waals surface area contributed by atoms with Gasteiger partial charge in [0.15, 0.2) is 5.03 Å². The van der Waals surface area contributed by atoms with Crippen molar-refractivity contribution in [3.8, 4) is 0 Å². The first kappa shape index (κ1) is 13.5. The molecule has 0 aromatic carbocycles. The molecule has 7 heteroatoms. The second-order valence-corrected chi connectivity index (χ2v) is 5.89. The van der Waals surface area contributed by atoms with Crippen LogP contribution in [-0.4, -0.2) is 30.1 Å². The molecule has 0 aliphatic rings. The smallest absolute Gasteiger partial charge is 0.256 e. The van der Waals surface area contributed by atoms with Crippen molar-refractivity contribution in [3.05, 3.63) is 12.3 Å². The second-order valence-electron chi connectivity index (χ2n) is 3.92. The number of aryl methyl sites for hydroxylation is 1. The maximum Gasteiger partial charge on any atom is 0.258 e. The minimum atomic E-state index is -3.54. The van der Waals surface area contributed by atoms with E-state index in [9.17, 15) is 8.42 Å². The highest BCUT2D eigenvalue weighted by molar-refractivity contribution is 7.89. The van der Waals surface area contributed by atoms with Crippen LogP contribution in [0.25, 0.3) is 0 Å². The lowest BCUT2D eigenvalue weighted by molar-refractivity contribution is 0.475. The fourth-order valence-corrected chi connectivity index (χ4v) is 3.27. The van der Waals surface area contributed by atoms with E-state index in [1.165, 1.54) is 16.9 Å². The fourth-order valence-electron chi connectivity index (χ4n) is 1.23. The van der Waals surface area contributed by atoms with E-state index in [-0.39, 0.29) is 22.9 Å². The van der Waals surface area contributed by atoms with Crippen LogP contribution >= 0.6 is 11.6 Å². The number of hydrogen-bond acceptors (Lipinski definition) is 3. The number of sulfonamides is 1. The van der Waals surface area contributed by atoms with E-state index < -0.39 is 10.0 Å². The predicted octanol–water partition coefficient (Wildman–Crippen LogP) is 0.962. The molecule has 1 rings (SSSR count). The molecule has 0 fully saturated rings. The number of rotatable bonds is 5. The molecule has 1 heterocycles. The average Bonchev–Trinajstić information content (AvgIpc) is 2.61. The summed E-state index contributed by atoms with van der Waals surface area (Å²) in [5, 5.41) is 3.97. The largest absolute Gasteiger partial charge is 0.258 e. The van der Waals surface area contributed by atoms with Gasteiger partial charge in [-0.2, -0.15) is 5.10 Å². The lowest BCUT2D eigenvalue weighted by Gasteiger charge is -2.19. The summed E-state index contributed by atoms with van der Waals surface area (Å²) in [7, 11) is -1.95. The molecule has 0 saturated heterocycles. The van der Waals surface area contributed by atoms with E-state index in [0.29, 0.717) is 0 Å². The van der Waals surface area contributed by atoms with Gasteiger partial charge in [0.2, 0.25) is 0 Å². The van der Waals surface area contributed by atoms with Crippen LogP contribution in [0.1, 0.15) is 13.8 Å². The van der Waals surface area contributed by atoms with Gasteiger partial charge in [0, 0.05) is 19.0 Å². The molecule has 0 amide bonds. The summed E-state index contributed by atoms with van der Waals surface area (Å²) in [5.41, 5.74) is 0. The molecule has 1 N–H and O–H groups in total. The molecule has 92 valence electrons. The average molecular weight is 266 g/mol. The Morgan fingerprint density at radius 1 is 1.56 bits per heavy atom. The van der Waals surface area contributed by atoms with Gasteiger partial charge in [-0.25, -0.2) is 13.1 Å². The van der Waals surface area contributed by atoms with E-state index in [4.69, 9.17) is 11.6 Å². The van der Waals surface area contributed by atoms with Crippen LogP contribution in [0.15, 0.2) is 17.3 Å².